The standard InChI is InChI=1S/C21H24N6O2S/c1-26(2)30-16-7-5-15(6-8-16)24-20-19-17(9-10-23-21(19)28)27(25-20)18(12-22)14-4-3-11-29-13-14/h5-10,14,18H,3-4,11,13H2,1-2H3,(H,23,28)(H,24,25)/t14-,18?/m0/s1. The molecule has 8 nitrogen and oxygen atoms in total. The fourth-order valence-corrected chi connectivity index (χ4v) is 4.40. The van der Waals surface area contributed by atoms with Crippen LogP contribution in [0, 0.1) is 17.2 Å². The molecule has 0 aliphatic carbocycles. The fraction of sp³-hybridized carbons (Fsp3) is 0.381. The van der Waals surface area contributed by atoms with E-state index in [1.807, 2.05) is 42.7 Å². The van der Waals surface area contributed by atoms with Gasteiger partial charge in [-0.2, -0.15) is 10.4 Å². The Labute approximate surface area is 179 Å². The average Bonchev–Trinajstić information content (AvgIpc) is 3.10. The number of nitrogens with one attached hydrogen (secondary N) is 2. The summed E-state index contributed by atoms with van der Waals surface area (Å²) in [7, 11) is 3.98. The number of fused-ring (bicyclic) bond motifs is 1. The molecule has 9 heteroatoms. The van der Waals surface area contributed by atoms with Gasteiger partial charge in [-0.05, 0) is 69.2 Å². The van der Waals surface area contributed by atoms with E-state index < -0.39 is 6.04 Å². The van der Waals surface area contributed by atoms with Crippen LogP contribution in [-0.4, -0.2) is 46.4 Å². The highest BCUT2D eigenvalue weighted by Gasteiger charge is 2.29. The zero-order chi connectivity index (χ0) is 21.1. The fourth-order valence-electron chi connectivity index (χ4n) is 3.72. The van der Waals surface area contributed by atoms with Crippen LogP contribution in [0.1, 0.15) is 18.9 Å². The molecule has 1 saturated heterocycles. The molecule has 0 spiro atoms. The Morgan fingerprint density at radius 2 is 2.17 bits per heavy atom. The van der Waals surface area contributed by atoms with Gasteiger partial charge in [0.2, 0.25) is 0 Å². The van der Waals surface area contributed by atoms with Crippen molar-refractivity contribution in [3.05, 3.63) is 46.9 Å². The van der Waals surface area contributed by atoms with Crippen LogP contribution in [0.3, 0.4) is 0 Å². The number of nitriles is 1. The molecule has 2 N–H and O–H groups in total. The highest BCUT2D eigenvalue weighted by atomic mass is 32.2. The lowest BCUT2D eigenvalue weighted by molar-refractivity contribution is 0.0410. The summed E-state index contributed by atoms with van der Waals surface area (Å²) in [5, 5.41) is 18.2. The van der Waals surface area contributed by atoms with Crippen molar-refractivity contribution in [2.24, 2.45) is 5.92 Å². The van der Waals surface area contributed by atoms with Crippen LogP contribution in [0.15, 0.2) is 46.2 Å². The number of anilines is 2. The first-order chi connectivity index (χ1) is 14.6. The minimum absolute atomic E-state index is 0.0429. The minimum atomic E-state index is -0.496. The number of pyridine rings is 1. The first kappa shape index (κ1) is 20.5. The number of nitrogens with zero attached hydrogens (tertiary/aromatic N) is 4. The van der Waals surface area contributed by atoms with E-state index in [1.54, 1.807) is 28.9 Å². The molecule has 0 saturated carbocycles. The third-order valence-electron chi connectivity index (χ3n) is 5.07. The van der Waals surface area contributed by atoms with E-state index in [4.69, 9.17) is 4.74 Å². The molecule has 30 heavy (non-hydrogen) atoms. The lowest BCUT2D eigenvalue weighted by atomic mass is 9.94. The summed E-state index contributed by atoms with van der Waals surface area (Å²) in [6, 6.07) is 11.6. The molecular weight excluding hydrogens is 400 g/mol. The number of hydrogen-bond acceptors (Lipinski definition) is 7. The van der Waals surface area contributed by atoms with Crippen molar-refractivity contribution in [1.29, 1.82) is 5.26 Å². The highest BCUT2D eigenvalue weighted by Crippen LogP contribution is 2.32. The largest absolute Gasteiger partial charge is 0.381 e. The van der Waals surface area contributed by atoms with Crippen molar-refractivity contribution in [1.82, 2.24) is 19.1 Å². The van der Waals surface area contributed by atoms with E-state index in [0.717, 1.165) is 30.0 Å². The Kier molecular flexibility index (Phi) is 6.08. The predicted octanol–water partition coefficient (Wildman–Crippen LogP) is 3.53. The van der Waals surface area contributed by atoms with Crippen LogP contribution in [0.25, 0.3) is 10.9 Å². The predicted molar refractivity (Wildman–Crippen MR) is 118 cm³/mol. The Hall–Kier alpha value is -2.80. The maximum Gasteiger partial charge on any atom is 0.261 e. The molecular formula is C21H24N6O2S. The SMILES string of the molecule is CN(C)Sc1ccc(Nc2nn(C(C#N)[C@H]3CCCOC3)c3cc[nH]c(=O)c23)cc1. The van der Waals surface area contributed by atoms with Crippen LogP contribution >= 0.6 is 11.9 Å². The van der Waals surface area contributed by atoms with Crippen LogP contribution in [0.4, 0.5) is 11.5 Å². The summed E-state index contributed by atoms with van der Waals surface area (Å²) in [6.45, 7) is 1.25. The second-order valence-corrected chi connectivity index (χ2v) is 8.85. The second kappa shape index (κ2) is 8.92. The molecule has 1 aliphatic rings. The van der Waals surface area contributed by atoms with Crippen LogP contribution < -0.4 is 10.9 Å². The maximum atomic E-state index is 12.6. The van der Waals surface area contributed by atoms with E-state index in [9.17, 15) is 10.1 Å². The van der Waals surface area contributed by atoms with E-state index in [1.165, 1.54) is 0 Å². The smallest absolute Gasteiger partial charge is 0.261 e. The van der Waals surface area contributed by atoms with Gasteiger partial charge in [-0.3, -0.25) is 9.10 Å². The Bertz CT molecular complexity index is 1110. The lowest BCUT2D eigenvalue weighted by Gasteiger charge is -2.26. The highest BCUT2D eigenvalue weighted by molar-refractivity contribution is 7.97. The number of H-pyrrole nitrogens is 1. The quantitative estimate of drug-likeness (QED) is 0.584. The number of hydrogen-bond donors (Lipinski definition) is 2. The Morgan fingerprint density at radius 1 is 1.37 bits per heavy atom. The van der Waals surface area contributed by atoms with Gasteiger partial charge in [-0.1, -0.05) is 0 Å². The van der Waals surface area contributed by atoms with E-state index >= 15 is 0 Å². The normalized spacial score (nSPS) is 17.7. The van der Waals surface area contributed by atoms with Gasteiger partial charge in [0, 0.05) is 29.3 Å². The van der Waals surface area contributed by atoms with Crippen molar-refractivity contribution in [2.45, 2.75) is 23.8 Å². The molecule has 0 radical (unpaired) electrons. The van der Waals surface area contributed by atoms with Gasteiger partial charge in [-0.25, -0.2) is 4.68 Å². The topological polar surface area (TPSA) is 99.0 Å². The summed E-state index contributed by atoms with van der Waals surface area (Å²) >= 11 is 1.63. The summed E-state index contributed by atoms with van der Waals surface area (Å²) in [5.74, 6) is 0.484. The monoisotopic (exact) mass is 424 g/mol. The first-order valence-corrected chi connectivity index (χ1v) is 10.6. The zero-order valence-corrected chi connectivity index (χ0v) is 17.8. The van der Waals surface area contributed by atoms with Gasteiger partial charge in [-0.15, -0.1) is 0 Å². The minimum Gasteiger partial charge on any atom is -0.381 e. The third kappa shape index (κ3) is 4.21. The van der Waals surface area contributed by atoms with E-state index in [0.29, 0.717) is 23.3 Å². The van der Waals surface area contributed by atoms with Gasteiger partial charge in [0.15, 0.2) is 5.82 Å². The molecule has 1 aromatic carbocycles. The van der Waals surface area contributed by atoms with Gasteiger partial charge in [0.1, 0.15) is 11.4 Å². The molecule has 2 aromatic heterocycles. The van der Waals surface area contributed by atoms with Crippen molar-refractivity contribution in [2.75, 3.05) is 32.6 Å². The molecule has 2 atom stereocenters. The molecule has 1 fully saturated rings. The van der Waals surface area contributed by atoms with Crippen molar-refractivity contribution in [3.63, 3.8) is 0 Å². The molecule has 4 rings (SSSR count). The van der Waals surface area contributed by atoms with Crippen LogP contribution in [0.2, 0.25) is 0 Å². The number of aromatic nitrogens is 3. The molecule has 156 valence electrons. The summed E-state index contributed by atoms with van der Waals surface area (Å²) in [4.78, 5) is 16.4. The third-order valence-corrected chi connectivity index (χ3v) is 5.92. The van der Waals surface area contributed by atoms with Gasteiger partial charge in [0.25, 0.3) is 5.56 Å². The van der Waals surface area contributed by atoms with Crippen LogP contribution in [-0.2, 0) is 4.74 Å². The van der Waals surface area contributed by atoms with E-state index in [2.05, 4.69) is 21.5 Å². The number of ether oxygens (including phenoxy) is 1. The van der Waals surface area contributed by atoms with Crippen LogP contribution in [0.5, 0.6) is 0 Å². The number of rotatable bonds is 6. The Morgan fingerprint density at radius 3 is 2.83 bits per heavy atom. The average molecular weight is 425 g/mol. The second-order valence-electron chi connectivity index (χ2n) is 7.46. The van der Waals surface area contributed by atoms with Gasteiger partial charge >= 0.3 is 0 Å². The Balaban J connectivity index is 1.70. The number of aromatic amines is 1. The number of benzene rings is 1. The first-order valence-electron chi connectivity index (χ1n) is 9.86. The van der Waals surface area contributed by atoms with E-state index in [-0.39, 0.29) is 11.5 Å². The van der Waals surface area contributed by atoms with Gasteiger partial charge < -0.3 is 15.0 Å². The van der Waals surface area contributed by atoms with Crippen molar-refractivity contribution in [3.8, 4) is 6.07 Å². The lowest BCUT2D eigenvalue weighted by Crippen LogP contribution is -2.27. The molecule has 1 unspecified atom stereocenters. The summed E-state index contributed by atoms with van der Waals surface area (Å²) in [5.41, 5.74) is 1.22. The molecule has 0 bridgehead atoms. The molecule has 3 aromatic rings. The molecule has 3 heterocycles. The van der Waals surface area contributed by atoms with Crippen molar-refractivity contribution >= 4 is 34.4 Å². The molecule has 0 amide bonds. The van der Waals surface area contributed by atoms with Crippen molar-refractivity contribution < 1.29 is 4.74 Å². The molecule has 1 aliphatic heterocycles. The summed E-state index contributed by atoms with van der Waals surface area (Å²) in [6.07, 6.45) is 3.41. The van der Waals surface area contributed by atoms with Gasteiger partial charge in [0.05, 0.1) is 18.2 Å². The zero-order valence-electron chi connectivity index (χ0n) is 17.0. The summed E-state index contributed by atoms with van der Waals surface area (Å²) < 4.78 is 9.27. The maximum absolute atomic E-state index is 12.6.